The first-order valence-corrected chi connectivity index (χ1v) is 7.69. The van der Waals surface area contributed by atoms with Crippen molar-refractivity contribution in [2.24, 2.45) is 0 Å². The molecule has 0 unspecified atom stereocenters. The fourth-order valence-corrected chi connectivity index (χ4v) is 2.63. The van der Waals surface area contributed by atoms with Gasteiger partial charge in [-0.2, -0.15) is 8.78 Å². The van der Waals surface area contributed by atoms with Crippen LogP contribution >= 0.6 is 0 Å². The van der Waals surface area contributed by atoms with Crippen LogP contribution in [0.1, 0.15) is 42.5 Å². The van der Waals surface area contributed by atoms with Crippen molar-refractivity contribution in [1.82, 2.24) is 5.32 Å². The van der Waals surface area contributed by atoms with Crippen LogP contribution in [0, 0.1) is 0 Å². The summed E-state index contributed by atoms with van der Waals surface area (Å²) in [5.74, 6) is -0.580. The number of carbonyl (C=O) groups is 1. The largest absolute Gasteiger partial charge is 0.493 e. The van der Waals surface area contributed by atoms with Crippen molar-refractivity contribution < 1.29 is 23.0 Å². The number of ether oxygens (including phenoxy) is 2. The molecule has 2 rings (SSSR count). The lowest BCUT2D eigenvalue weighted by Crippen LogP contribution is -2.26. The van der Waals surface area contributed by atoms with E-state index in [0.29, 0.717) is 6.54 Å². The zero-order valence-electron chi connectivity index (χ0n) is 13.1. The molecule has 1 N–H and O–H groups in total. The number of rotatable bonds is 7. The van der Waals surface area contributed by atoms with E-state index in [1.807, 2.05) is 0 Å². The molecule has 6 heteroatoms. The molecule has 0 aromatic heterocycles. The number of allylic oxidation sites excluding steroid dienone is 1. The molecule has 4 nitrogen and oxygen atoms in total. The molecule has 23 heavy (non-hydrogen) atoms. The highest BCUT2D eigenvalue weighted by Crippen LogP contribution is 2.32. The summed E-state index contributed by atoms with van der Waals surface area (Å²) >= 11 is 0. The second-order valence-corrected chi connectivity index (χ2v) is 5.33. The summed E-state index contributed by atoms with van der Waals surface area (Å²) in [7, 11) is 1.34. The molecule has 0 heterocycles. The summed E-state index contributed by atoms with van der Waals surface area (Å²) in [5.41, 5.74) is 1.38. The van der Waals surface area contributed by atoms with Gasteiger partial charge in [0.1, 0.15) is 0 Å². The number of halogens is 2. The molecule has 0 bridgehead atoms. The fourth-order valence-electron chi connectivity index (χ4n) is 2.63. The third-order valence-electron chi connectivity index (χ3n) is 3.77. The molecule has 0 aliphatic heterocycles. The Bertz CT molecular complexity index is 573. The van der Waals surface area contributed by atoms with E-state index in [9.17, 15) is 13.6 Å². The summed E-state index contributed by atoms with van der Waals surface area (Å²) in [6.45, 7) is -2.55. The normalized spacial score (nSPS) is 14.3. The highest BCUT2D eigenvalue weighted by Gasteiger charge is 2.20. The molecule has 0 radical (unpaired) electrons. The Labute approximate surface area is 134 Å². The SMILES string of the molecule is COc1cccc(C(=O)NCCC2=CCCCC2)c1OC(F)F. The molecule has 1 aromatic carbocycles. The van der Waals surface area contributed by atoms with E-state index in [1.165, 1.54) is 37.7 Å². The number of benzene rings is 1. The van der Waals surface area contributed by atoms with Crippen molar-refractivity contribution in [3.05, 3.63) is 35.4 Å². The minimum absolute atomic E-state index is 0.0438. The number of nitrogens with one attached hydrogen (secondary N) is 1. The maximum absolute atomic E-state index is 12.6. The molecule has 0 saturated carbocycles. The minimum Gasteiger partial charge on any atom is -0.493 e. The van der Waals surface area contributed by atoms with Crippen LogP contribution in [0.15, 0.2) is 29.8 Å². The van der Waals surface area contributed by atoms with Gasteiger partial charge in [-0.1, -0.05) is 17.7 Å². The topological polar surface area (TPSA) is 47.6 Å². The van der Waals surface area contributed by atoms with Gasteiger partial charge in [0, 0.05) is 6.54 Å². The van der Waals surface area contributed by atoms with Crippen LogP contribution in [0.5, 0.6) is 11.5 Å². The Balaban J connectivity index is 2.01. The number of amides is 1. The third-order valence-corrected chi connectivity index (χ3v) is 3.77. The first-order chi connectivity index (χ1) is 11.1. The van der Waals surface area contributed by atoms with Gasteiger partial charge in [0.25, 0.3) is 5.91 Å². The molecule has 0 atom stereocenters. The summed E-state index contributed by atoms with van der Waals surface area (Å²) < 4.78 is 34.6. The Morgan fingerprint density at radius 1 is 1.35 bits per heavy atom. The standard InChI is InChI=1S/C17H21F2NO3/c1-22-14-9-5-8-13(15(14)23-17(18)19)16(21)20-11-10-12-6-3-2-4-7-12/h5-6,8-9,17H,2-4,7,10-11H2,1H3,(H,20,21). The van der Waals surface area contributed by atoms with Crippen molar-refractivity contribution in [3.63, 3.8) is 0 Å². The molecule has 1 aromatic rings. The number of para-hydroxylation sites is 1. The van der Waals surface area contributed by atoms with E-state index in [0.717, 1.165) is 19.3 Å². The van der Waals surface area contributed by atoms with Crippen molar-refractivity contribution in [3.8, 4) is 11.5 Å². The Kier molecular flexibility index (Phi) is 6.38. The Hall–Kier alpha value is -2.11. The monoisotopic (exact) mass is 325 g/mol. The first kappa shape index (κ1) is 17.2. The van der Waals surface area contributed by atoms with E-state index in [-0.39, 0.29) is 17.1 Å². The van der Waals surface area contributed by atoms with Gasteiger partial charge >= 0.3 is 6.61 Å². The second kappa shape index (κ2) is 8.50. The maximum Gasteiger partial charge on any atom is 0.387 e. The van der Waals surface area contributed by atoms with Gasteiger partial charge < -0.3 is 14.8 Å². The van der Waals surface area contributed by atoms with Crippen LogP contribution in [0.25, 0.3) is 0 Å². The first-order valence-electron chi connectivity index (χ1n) is 7.69. The van der Waals surface area contributed by atoms with Crippen LogP contribution in [0.2, 0.25) is 0 Å². The number of alkyl halides is 2. The average Bonchev–Trinajstić information content (AvgIpc) is 2.55. The Morgan fingerprint density at radius 3 is 2.83 bits per heavy atom. The highest BCUT2D eigenvalue weighted by molar-refractivity contribution is 5.97. The van der Waals surface area contributed by atoms with Gasteiger partial charge in [0.15, 0.2) is 11.5 Å². The summed E-state index contributed by atoms with van der Waals surface area (Å²) in [6.07, 6.45) is 7.55. The van der Waals surface area contributed by atoms with Crippen molar-refractivity contribution in [2.45, 2.75) is 38.7 Å². The Morgan fingerprint density at radius 2 is 2.17 bits per heavy atom. The predicted octanol–water partition coefficient (Wildman–Crippen LogP) is 3.92. The van der Waals surface area contributed by atoms with E-state index < -0.39 is 12.5 Å². The van der Waals surface area contributed by atoms with Crippen LogP contribution in [-0.2, 0) is 0 Å². The second-order valence-electron chi connectivity index (χ2n) is 5.33. The lowest BCUT2D eigenvalue weighted by atomic mass is 9.97. The summed E-state index contributed by atoms with van der Waals surface area (Å²) in [4.78, 5) is 12.2. The molecule has 0 saturated heterocycles. The molecule has 0 fully saturated rings. The van der Waals surface area contributed by atoms with E-state index in [1.54, 1.807) is 6.07 Å². The summed E-state index contributed by atoms with van der Waals surface area (Å²) in [5, 5.41) is 2.75. The van der Waals surface area contributed by atoms with Crippen molar-refractivity contribution in [1.29, 1.82) is 0 Å². The van der Waals surface area contributed by atoms with E-state index >= 15 is 0 Å². The average molecular weight is 325 g/mol. The van der Waals surface area contributed by atoms with Crippen LogP contribution in [0.3, 0.4) is 0 Å². The minimum atomic E-state index is -3.02. The van der Waals surface area contributed by atoms with Crippen molar-refractivity contribution >= 4 is 5.91 Å². The van der Waals surface area contributed by atoms with E-state index in [4.69, 9.17) is 4.74 Å². The quantitative estimate of drug-likeness (QED) is 0.773. The number of hydrogen-bond acceptors (Lipinski definition) is 3. The van der Waals surface area contributed by atoms with Gasteiger partial charge in [-0.15, -0.1) is 0 Å². The lowest BCUT2D eigenvalue weighted by Gasteiger charge is -2.15. The fraction of sp³-hybridized carbons (Fsp3) is 0.471. The molecular weight excluding hydrogens is 304 g/mol. The number of hydrogen-bond donors (Lipinski definition) is 1. The third kappa shape index (κ3) is 4.94. The van der Waals surface area contributed by atoms with Gasteiger partial charge in [0.2, 0.25) is 0 Å². The van der Waals surface area contributed by atoms with Crippen LogP contribution < -0.4 is 14.8 Å². The van der Waals surface area contributed by atoms with Gasteiger partial charge in [-0.25, -0.2) is 0 Å². The predicted molar refractivity (Wildman–Crippen MR) is 83.1 cm³/mol. The molecule has 1 amide bonds. The number of methoxy groups -OCH3 is 1. The molecule has 0 spiro atoms. The molecule has 126 valence electrons. The smallest absolute Gasteiger partial charge is 0.387 e. The van der Waals surface area contributed by atoms with Crippen LogP contribution in [0.4, 0.5) is 8.78 Å². The highest BCUT2D eigenvalue weighted by atomic mass is 19.3. The number of carbonyl (C=O) groups excluding carboxylic acids is 1. The van der Waals surface area contributed by atoms with Crippen molar-refractivity contribution in [2.75, 3.05) is 13.7 Å². The van der Waals surface area contributed by atoms with Gasteiger partial charge in [-0.3, -0.25) is 4.79 Å². The molecule has 1 aliphatic carbocycles. The zero-order valence-corrected chi connectivity index (χ0v) is 13.1. The lowest BCUT2D eigenvalue weighted by molar-refractivity contribution is -0.0515. The zero-order chi connectivity index (χ0) is 16.7. The molecule has 1 aliphatic rings. The maximum atomic E-state index is 12.6. The van der Waals surface area contributed by atoms with Gasteiger partial charge in [0.05, 0.1) is 12.7 Å². The van der Waals surface area contributed by atoms with Gasteiger partial charge in [-0.05, 0) is 44.2 Å². The van der Waals surface area contributed by atoms with Crippen LogP contribution in [-0.4, -0.2) is 26.2 Å². The van der Waals surface area contributed by atoms with E-state index in [2.05, 4.69) is 16.1 Å². The molecular formula is C17H21F2NO3. The summed E-state index contributed by atoms with van der Waals surface area (Å²) in [6, 6.07) is 4.48.